The van der Waals surface area contributed by atoms with Gasteiger partial charge in [-0.25, -0.2) is 18.5 Å². The number of anilines is 1. The first-order valence-electron chi connectivity index (χ1n) is 15.6. The molecule has 254 valence electrons. The van der Waals surface area contributed by atoms with Crippen molar-refractivity contribution in [2.45, 2.75) is 69.7 Å². The van der Waals surface area contributed by atoms with Crippen molar-refractivity contribution in [3.63, 3.8) is 0 Å². The number of carboxylic acid groups (broad SMARTS) is 1. The molecule has 2 fully saturated rings. The lowest BCUT2D eigenvalue weighted by Gasteiger charge is -2.49. The molecule has 47 heavy (non-hydrogen) atoms. The van der Waals surface area contributed by atoms with Gasteiger partial charge in [0.1, 0.15) is 11.9 Å². The Morgan fingerprint density at radius 2 is 1.89 bits per heavy atom. The zero-order chi connectivity index (χ0) is 33.7. The monoisotopic (exact) mass is 689 g/mol. The zero-order valence-corrected chi connectivity index (χ0v) is 27.8. The molecule has 3 unspecified atom stereocenters. The highest BCUT2D eigenvalue weighted by Crippen LogP contribution is 2.49. The summed E-state index contributed by atoms with van der Waals surface area (Å²) in [4.78, 5) is 30.5. The number of carbonyl (C=O) groups excluding carboxylic acids is 1. The summed E-state index contributed by atoms with van der Waals surface area (Å²) in [5.74, 6) is -1.39. The van der Waals surface area contributed by atoms with E-state index in [4.69, 9.17) is 16.3 Å². The van der Waals surface area contributed by atoms with Gasteiger partial charge in [0, 0.05) is 59.6 Å². The van der Waals surface area contributed by atoms with Crippen molar-refractivity contribution in [2.24, 2.45) is 0 Å². The summed E-state index contributed by atoms with van der Waals surface area (Å²) in [6, 6.07) is 13.0. The molecule has 5 rings (SSSR count). The quantitative estimate of drug-likeness (QED) is 0.140. The van der Waals surface area contributed by atoms with Crippen molar-refractivity contribution >= 4 is 40.1 Å². The number of hydrogen-bond donors (Lipinski definition) is 6. The SMILES string of the molecule is CC(C)Oc1ccc([C@@H](c2ccc(Cl)cc2)[C@H](NC(=O)O)C(=O)Nc2cccc(F)c2CCC2CNC3CCCS(O)(O)N2C3)cn1. The Morgan fingerprint density at radius 1 is 1.15 bits per heavy atom. The third-order valence-corrected chi connectivity index (χ3v) is 10.8. The van der Waals surface area contributed by atoms with Crippen molar-refractivity contribution in [2.75, 3.05) is 24.2 Å². The standard InChI is InChI=1S/C33H41ClFN5O6S/c1-20(2)46-29-15-10-22(17-37-29)30(21-8-11-23(34)12-9-21)31(39-33(42)43)32(41)38-28-7-3-6-27(35)26(28)14-13-25-18-36-24-5-4-16-47(44,45)40(25)19-24/h3,6-12,15,17,20,24-25,30-31,36,39,44-45H,4-5,13-14,16,18-19H2,1-2H3,(H,38,41)(H,42,43)/t24?,25?,30-,31+/m1/s1. The molecule has 2 saturated heterocycles. The van der Waals surface area contributed by atoms with Crippen LogP contribution in [0, 0.1) is 5.82 Å². The minimum atomic E-state index is -2.94. The van der Waals surface area contributed by atoms with Crippen molar-refractivity contribution in [3.8, 4) is 5.88 Å². The minimum Gasteiger partial charge on any atom is -0.475 e. The van der Waals surface area contributed by atoms with Crippen LogP contribution in [0.15, 0.2) is 60.8 Å². The van der Waals surface area contributed by atoms with Crippen LogP contribution < -0.4 is 20.7 Å². The summed E-state index contributed by atoms with van der Waals surface area (Å²) in [6.07, 6.45) is 2.17. The first-order valence-corrected chi connectivity index (χ1v) is 17.7. The number of ether oxygens (including phenoxy) is 1. The maximum atomic E-state index is 15.4. The number of piperazine rings is 1. The Morgan fingerprint density at radius 3 is 2.57 bits per heavy atom. The van der Waals surface area contributed by atoms with Gasteiger partial charge in [-0.15, -0.1) is 10.8 Å². The molecule has 3 heterocycles. The second kappa shape index (κ2) is 15.2. The number of rotatable bonds is 11. The summed E-state index contributed by atoms with van der Waals surface area (Å²) in [7, 11) is -2.94. The number of hydrogen-bond acceptors (Lipinski definition) is 8. The van der Waals surface area contributed by atoms with Crippen LogP contribution in [0.1, 0.15) is 55.7 Å². The van der Waals surface area contributed by atoms with Gasteiger partial charge in [0.15, 0.2) is 0 Å². The number of nitrogens with one attached hydrogen (secondary N) is 3. The molecule has 0 radical (unpaired) electrons. The number of nitrogens with zero attached hydrogens (tertiary/aromatic N) is 2. The van der Waals surface area contributed by atoms with Crippen molar-refractivity contribution < 1.29 is 32.9 Å². The Bertz CT molecular complexity index is 1550. The molecule has 2 aliphatic heterocycles. The topological polar surface area (TPSA) is 156 Å². The van der Waals surface area contributed by atoms with E-state index in [1.807, 2.05) is 13.8 Å². The maximum absolute atomic E-state index is 15.4. The molecule has 6 N–H and O–H groups in total. The van der Waals surface area contributed by atoms with Gasteiger partial charge in [-0.05, 0) is 74.9 Å². The molecular formula is C33H41ClFN5O6S. The van der Waals surface area contributed by atoms with Crippen LogP contribution in [-0.2, 0) is 11.2 Å². The second-order valence-electron chi connectivity index (χ2n) is 12.2. The number of halogens is 2. The van der Waals surface area contributed by atoms with E-state index in [1.54, 1.807) is 46.8 Å². The van der Waals surface area contributed by atoms with Crippen LogP contribution in [-0.4, -0.2) is 78.6 Å². The number of benzene rings is 2. The molecule has 2 bridgehead atoms. The summed E-state index contributed by atoms with van der Waals surface area (Å²) >= 11 is 6.15. The fraction of sp³-hybridized carbons (Fsp3) is 0.424. The van der Waals surface area contributed by atoms with Crippen LogP contribution in [0.25, 0.3) is 0 Å². The molecule has 3 aromatic rings. The van der Waals surface area contributed by atoms with Crippen LogP contribution in [0.2, 0.25) is 5.02 Å². The molecule has 2 aliphatic rings. The zero-order valence-electron chi connectivity index (χ0n) is 26.2. The van der Waals surface area contributed by atoms with E-state index in [9.17, 15) is 23.8 Å². The second-order valence-corrected chi connectivity index (χ2v) is 14.8. The van der Waals surface area contributed by atoms with Gasteiger partial charge in [-0.2, -0.15) is 0 Å². The summed E-state index contributed by atoms with van der Waals surface area (Å²) in [5, 5.41) is 18.9. The molecule has 2 amide bonds. The summed E-state index contributed by atoms with van der Waals surface area (Å²) in [6.45, 7) is 4.77. The Kier molecular flexibility index (Phi) is 11.3. The first kappa shape index (κ1) is 34.9. The predicted octanol–water partition coefficient (Wildman–Crippen LogP) is 6.10. The predicted molar refractivity (Wildman–Crippen MR) is 181 cm³/mol. The molecule has 1 aromatic heterocycles. The average Bonchev–Trinajstić information content (AvgIpc) is 3.13. The summed E-state index contributed by atoms with van der Waals surface area (Å²) in [5.41, 5.74) is 1.58. The Labute approximate surface area is 280 Å². The molecule has 0 saturated carbocycles. The molecule has 2 aromatic carbocycles. The third kappa shape index (κ3) is 8.72. The number of amides is 2. The fourth-order valence-corrected chi connectivity index (χ4v) is 8.28. The van der Waals surface area contributed by atoms with E-state index in [0.29, 0.717) is 53.7 Å². The highest BCUT2D eigenvalue weighted by Gasteiger charge is 2.38. The largest absolute Gasteiger partial charge is 0.475 e. The van der Waals surface area contributed by atoms with E-state index in [0.717, 1.165) is 6.42 Å². The number of aromatic nitrogens is 1. The molecule has 0 spiro atoms. The average molecular weight is 690 g/mol. The number of carbonyl (C=O) groups is 2. The fourth-order valence-electron chi connectivity index (χ4n) is 6.29. The highest BCUT2D eigenvalue weighted by molar-refractivity contribution is 8.22. The highest BCUT2D eigenvalue weighted by atomic mass is 35.5. The number of pyridine rings is 1. The van der Waals surface area contributed by atoms with E-state index < -0.39 is 40.6 Å². The van der Waals surface area contributed by atoms with E-state index in [1.165, 1.54) is 18.3 Å². The van der Waals surface area contributed by atoms with Gasteiger partial charge in [0.25, 0.3) is 0 Å². The van der Waals surface area contributed by atoms with Gasteiger partial charge >= 0.3 is 6.09 Å². The van der Waals surface area contributed by atoms with Gasteiger partial charge in [0.05, 0.1) is 11.9 Å². The molecule has 11 nitrogen and oxygen atoms in total. The van der Waals surface area contributed by atoms with Crippen molar-refractivity contribution in [1.29, 1.82) is 0 Å². The van der Waals surface area contributed by atoms with Crippen LogP contribution in [0.3, 0.4) is 0 Å². The Hall–Kier alpha value is -3.46. The molecule has 0 aliphatic carbocycles. The lowest BCUT2D eigenvalue weighted by atomic mass is 9.85. The minimum absolute atomic E-state index is 0.111. The smallest absolute Gasteiger partial charge is 0.405 e. The third-order valence-electron chi connectivity index (χ3n) is 8.50. The van der Waals surface area contributed by atoms with E-state index in [2.05, 4.69) is 20.9 Å². The summed E-state index contributed by atoms with van der Waals surface area (Å²) < 4.78 is 44.5. The van der Waals surface area contributed by atoms with Crippen molar-refractivity contribution in [1.82, 2.24) is 19.9 Å². The lowest BCUT2D eigenvalue weighted by Crippen LogP contribution is -2.55. The van der Waals surface area contributed by atoms with Gasteiger partial charge in [0.2, 0.25) is 11.8 Å². The van der Waals surface area contributed by atoms with Crippen molar-refractivity contribution in [3.05, 3.63) is 88.3 Å². The molecule has 14 heteroatoms. The van der Waals surface area contributed by atoms with E-state index in [-0.39, 0.29) is 35.9 Å². The normalized spacial score (nSPS) is 22.4. The lowest BCUT2D eigenvalue weighted by molar-refractivity contribution is -0.118. The van der Waals surface area contributed by atoms with Gasteiger partial charge in [-0.1, -0.05) is 35.9 Å². The van der Waals surface area contributed by atoms with Crippen LogP contribution in [0.4, 0.5) is 14.9 Å². The maximum Gasteiger partial charge on any atom is 0.405 e. The number of fused-ring (bicyclic) bond motifs is 2. The Balaban J connectivity index is 1.42. The first-order chi connectivity index (χ1) is 22.4. The van der Waals surface area contributed by atoms with Gasteiger partial charge in [-0.3, -0.25) is 13.9 Å². The molecule has 5 atom stereocenters. The van der Waals surface area contributed by atoms with Crippen LogP contribution in [0.5, 0.6) is 5.88 Å². The van der Waals surface area contributed by atoms with E-state index >= 15 is 4.39 Å². The molecular weight excluding hydrogens is 649 g/mol. The van der Waals surface area contributed by atoms with Crippen LogP contribution >= 0.6 is 22.4 Å². The van der Waals surface area contributed by atoms with Gasteiger partial charge < -0.3 is 25.8 Å².